The number of H-pyrrole nitrogens is 1. The molecule has 0 bridgehead atoms. The molecule has 0 radical (unpaired) electrons. The number of carbonyl (C=O) groups excluding carboxylic acids is 1. The average Bonchev–Trinajstić information content (AvgIpc) is 3.15. The highest BCUT2D eigenvalue weighted by atomic mass is 16.6. The Morgan fingerprint density at radius 2 is 1.93 bits per heavy atom. The summed E-state index contributed by atoms with van der Waals surface area (Å²) >= 11 is 0. The maximum atomic E-state index is 12.8. The summed E-state index contributed by atoms with van der Waals surface area (Å²) in [7, 11) is 0. The second-order valence-electron chi connectivity index (χ2n) is 6.66. The molecule has 138 valence electrons. The third kappa shape index (κ3) is 3.21. The van der Waals surface area contributed by atoms with E-state index >= 15 is 0 Å². The number of hydrogen-bond acceptors (Lipinski definition) is 5. The van der Waals surface area contributed by atoms with Gasteiger partial charge in [-0.25, -0.2) is 4.98 Å². The topological polar surface area (TPSA) is 95.4 Å². The van der Waals surface area contributed by atoms with Crippen LogP contribution in [0.5, 0.6) is 0 Å². The number of aromatic amines is 1. The van der Waals surface area contributed by atoms with Gasteiger partial charge in [-0.1, -0.05) is 6.07 Å². The van der Waals surface area contributed by atoms with Crippen molar-refractivity contribution in [3.8, 4) is 0 Å². The van der Waals surface area contributed by atoms with E-state index in [-0.39, 0.29) is 16.5 Å². The molecular formula is C19H19N5O3. The Morgan fingerprint density at radius 3 is 2.67 bits per heavy atom. The number of rotatable bonds is 3. The van der Waals surface area contributed by atoms with Crippen LogP contribution < -0.4 is 4.90 Å². The Morgan fingerprint density at radius 1 is 1.15 bits per heavy atom. The molecule has 8 nitrogen and oxygen atoms in total. The van der Waals surface area contributed by atoms with Gasteiger partial charge in [0.05, 0.1) is 22.3 Å². The number of nitrogens with zero attached hydrogens (tertiary/aromatic N) is 4. The van der Waals surface area contributed by atoms with E-state index in [1.807, 2.05) is 30.0 Å². The number of piperazine rings is 1. The van der Waals surface area contributed by atoms with Crippen LogP contribution >= 0.6 is 0 Å². The second kappa shape index (κ2) is 6.71. The van der Waals surface area contributed by atoms with Gasteiger partial charge in [-0.2, -0.15) is 0 Å². The van der Waals surface area contributed by atoms with Crippen LogP contribution in [0.15, 0.2) is 42.7 Å². The fourth-order valence-corrected chi connectivity index (χ4v) is 3.44. The van der Waals surface area contributed by atoms with Gasteiger partial charge in [0.25, 0.3) is 11.6 Å². The summed E-state index contributed by atoms with van der Waals surface area (Å²) in [6.45, 7) is 4.07. The van der Waals surface area contributed by atoms with Crippen molar-refractivity contribution in [1.29, 1.82) is 0 Å². The highest BCUT2D eigenvalue weighted by molar-refractivity contribution is 5.97. The second-order valence-corrected chi connectivity index (χ2v) is 6.66. The molecule has 1 amide bonds. The molecule has 0 unspecified atom stereocenters. The van der Waals surface area contributed by atoms with Gasteiger partial charge in [-0.05, 0) is 36.8 Å². The molecule has 2 heterocycles. The van der Waals surface area contributed by atoms with Crippen molar-refractivity contribution in [1.82, 2.24) is 14.9 Å². The van der Waals surface area contributed by atoms with E-state index in [0.29, 0.717) is 37.4 Å². The van der Waals surface area contributed by atoms with Crippen molar-refractivity contribution in [2.45, 2.75) is 6.92 Å². The number of nitrogens with one attached hydrogen (secondary N) is 1. The van der Waals surface area contributed by atoms with Gasteiger partial charge in [0.15, 0.2) is 0 Å². The number of nitro benzene ring substituents is 1. The molecule has 0 spiro atoms. The van der Waals surface area contributed by atoms with E-state index in [4.69, 9.17) is 0 Å². The summed E-state index contributed by atoms with van der Waals surface area (Å²) < 4.78 is 0. The average molecular weight is 365 g/mol. The van der Waals surface area contributed by atoms with E-state index in [1.54, 1.807) is 29.4 Å². The first-order chi connectivity index (χ1) is 13.0. The minimum atomic E-state index is -0.355. The Kier molecular flexibility index (Phi) is 4.23. The molecule has 2 aromatic carbocycles. The fourth-order valence-electron chi connectivity index (χ4n) is 3.44. The standard InChI is InChI=1S/C19H19N5O3/c1-13-2-5-17(24(26)27)18(10-13)22-6-8-23(9-7-22)19(25)14-3-4-15-16(11-14)21-12-20-15/h2-5,10-12H,6-9H2,1H3,(H,20,21). The molecule has 1 fully saturated rings. The number of anilines is 1. The number of imidazole rings is 1. The number of nitro groups is 1. The molecule has 0 saturated carbocycles. The molecule has 8 heteroatoms. The molecule has 0 atom stereocenters. The van der Waals surface area contributed by atoms with Gasteiger partial charge in [0, 0.05) is 37.8 Å². The molecule has 1 N–H and O–H groups in total. The molecule has 1 aliphatic heterocycles. The Balaban J connectivity index is 1.49. The lowest BCUT2D eigenvalue weighted by Crippen LogP contribution is -2.49. The van der Waals surface area contributed by atoms with E-state index in [1.165, 1.54) is 0 Å². The third-order valence-electron chi connectivity index (χ3n) is 4.90. The summed E-state index contributed by atoms with van der Waals surface area (Å²) in [5.74, 6) is -0.0371. The van der Waals surface area contributed by atoms with Gasteiger partial charge >= 0.3 is 0 Å². The van der Waals surface area contributed by atoms with E-state index in [9.17, 15) is 14.9 Å². The number of benzene rings is 2. The lowest BCUT2D eigenvalue weighted by Gasteiger charge is -2.36. The molecule has 1 aromatic heterocycles. The van der Waals surface area contributed by atoms with Crippen molar-refractivity contribution in [2.75, 3.05) is 31.1 Å². The maximum absolute atomic E-state index is 12.8. The van der Waals surface area contributed by atoms with Crippen LogP contribution in [0.4, 0.5) is 11.4 Å². The van der Waals surface area contributed by atoms with Gasteiger partial charge in [0.1, 0.15) is 5.69 Å². The number of aryl methyl sites for hydroxylation is 1. The highest BCUT2D eigenvalue weighted by Crippen LogP contribution is 2.30. The van der Waals surface area contributed by atoms with Crippen molar-refractivity contribution < 1.29 is 9.72 Å². The van der Waals surface area contributed by atoms with E-state index in [2.05, 4.69) is 9.97 Å². The van der Waals surface area contributed by atoms with Crippen LogP contribution in [0.1, 0.15) is 15.9 Å². The van der Waals surface area contributed by atoms with Gasteiger partial charge in [0.2, 0.25) is 0 Å². The molecular weight excluding hydrogens is 346 g/mol. The normalized spacial score (nSPS) is 14.6. The molecule has 27 heavy (non-hydrogen) atoms. The first-order valence-corrected chi connectivity index (χ1v) is 8.75. The Labute approximate surface area is 155 Å². The Hall–Kier alpha value is -3.42. The minimum Gasteiger partial charge on any atom is -0.362 e. The number of amides is 1. The summed E-state index contributed by atoms with van der Waals surface area (Å²) in [6.07, 6.45) is 1.60. The van der Waals surface area contributed by atoms with Crippen molar-refractivity contribution >= 4 is 28.3 Å². The summed E-state index contributed by atoms with van der Waals surface area (Å²) in [5.41, 5.74) is 3.96. The summed E-state index contributed by atoms with van der Waals surface area (Å²) in [4.78, 5) is 34.7. The van der Waals surface area contributed by atoms with Crippen LogP contribution in [-0.2, 0) is 0 Å². The van der Waals surface area contributed by atoms with Gasteiger partial charge < -0.3 is 14.8 Å². The lowest BCUT2D eigenvalue weighted by molar-refractivity contribution is -0.384. The molecule has 0 aliphatic carbocycles. The predicted octanol–water partition coefficient (Wildman–Crippen LogP) is 2.74. The zero-order chi connectivity index (χ0) is 19.0. The molecule has 1 aliphatic rings. The highest BCUT2D eigenvalue weighted by Gasteiger charge is 2.26. The van der Waals surface area contributed by atoms with Crippen molar-refractivity contribution in [2.24, 2.45) is 0 Å². The molecule has 4 rings (SSSR count). The van der Waals surface area contributed by atoms with Crippen LogP contribution in [0, 0.1) is 17.0 Å². The van der Waals surface area contributed by atoms with Crippen LogP contribution in [0.3, 0.4) is 0 Å². The quantitative estimate of drug-likeness (QED) is 0.569. The Bertz CT molecular complexity index is 1020. The van der Waals surface area contributed by atoms with Crippen molar-refractivity contribution in [3.05, 3.63) is 64.0 Å². The first-order valence-electron chi connectivity index (χ1n) is 8.75. The van der Waals surface area contributed by atoms with Gasteiger partial charge in [-0.3, -0.25) is 14.9 Å². The summed E-state index contributed by atoms with van der Waals surface area (Å²) in [6, 6.07) is 10.5. The van der Waals surface area contributed by atoms with Crippen molar-refractivity contribution in [3.63, 3.8) is 0 Å². The SMILES string of the molecule is Cc1ccc([N+](=O)[O-])c(N2CCN(C(=O)c3ccc4nc[nH]c4c3)CC2)c1. The maximum Gasteiger partial charge on any atom is 0.292 e. The number of hydrogen-bond donors (Lipinski definition) is 1. The molecule has 3 aromatic rings. The molecule has 1 saturated heterocycles. The monoisotopic (exact) mass is 365 g/mol. The number of fused-ring (bicyclic) bond motifs is 1. The third-order valence-corrected chi connectivity index (χ3v) is 4.90. The number of carbonyl (C=O) groups is 1. The van der Waals surface area contributed by atoms with Crippen LogP contribution in [0.25, 0.3) is 11.0 Å². The largest absolute Gasteiger partial charge is 0.362 e. The smallest absolute Gasteiger partial charge is 0.292 e. The predicted molar refractivity (Wildman–Crippen MR) is 102 cm³/mol. The van der Waals surface area contributed by atoms with Crippen LogP contribution in [0.2, 0.25) is 0 Å². The fraction of sp³-hybridized carbons (Fsp3) is 0.263. The van der Waals surface area contributed by atoms with E-state index < -0.39 is 0 Å². The summed E-state index contributed by atoms with van der Waals surface area (Å²) in [5, 5.41) is 11.3. The zero-order valence-electron chi connectivity index (χ0n) is 14.9. The minimum absolute atomic E-state index is 0.0371. The van der Waals surface area contributed by atoms with Crippen LogP contribution in [-0.4, -0.2) is 51.9 Å². The zero-order valence-corrected chi connectivity index (χ0v) is 14.9. The lowest BCUT2D eigenvalue weighted by atomic mass is 10.1. The van der Waals surface area contributed by atoms with Gasteiger partial charge in [-0.15, -0.1) is 0 Å². The first kappa shape index (κ1) is 17.0. The van der Waals surface area contributed by atoms with E-state index in [0.717, 1.165) is 16.6 Å². The number of aromatic nitrogens is 2.